The molecule has 2 aliphatic rings. The molecular formula is C6H13N3O3S. The lowest BCUT2D eigenvalue weighted by Gasteiger charge is -2.39. The van der Waals surface area contributed by atoms with E-state index in [9.17, 15) is 8.42 Å². The van der Waals surface area contributed by atoms with Gasteiger partial charge in [-0.2, -0.15) is 17.9 Å². The second kappa shape index (κ2) is 3.18. The number of hydrogen-bond donors (Lipinski definition) is 3. The summed E-state index contributed by atoms with van der Waals surface area (Å²) in [6, 6.07) is 0. The van der Waals surface area contributed by atoms with E-state index < -0.39 is 10.2 Å². The Labute approximate surface area is 77.2 Å². The van der Waals surface area contributed by atoms with Gasteiger partial charge in [0, 0.05) is 13.1 Å². The van der Waals surface area contributed by atoms with Gasteiger partial charge in [-0.15, -0.1) is 0 Å². The van der Waals surface area contributed by atoms with Crippen LogP contribution in [0.3, 0.4) is 0 Å². The second-order valence-electron chi connectivity index (χ2n) is 3.34. The summed E-state index contributed by atoms with van der Waals surface area (Å²) < 4.78 is 32.5. The minimum Gasteiger partial charge on any atom is -0.370 e. The molecule has 76 valence electrons. The topological polar surface area (TPSA) is 79.5 Å². The van der Waals surface area contributed by atoms with Crippen molar-refractivity contribution in [3.8, 4) is 0 Å². The van der Waals surface area contributed by atoms with Crippen LogP contribution in [0.2, 0.25) is 0 Å². The lowest BCUT2D eigenvalue weighted by molar-refractivity contribution is -0.0563. The number of ether oxygens (including phenoxy) is 1. The molecule has 0 aromatic rings. The summed E-state index contributed by atoms with van der Waals surface area (Å²) >= 11 is 0. The summed E-state index contributed by atoms with van der Waals surface area (Å²) in [5.74, 6) is 0. The minimum absolute atomic E-state index is 0.118. The highest BCUT2D eigenvalue weighted by atomic mass is 32.2. The van der Waals surface area contributed by atoms with Crippen molar-refractivity contribution in [1.29, 1.82) is 0 Å². The maximum atomic E-state index is 11.1. The van der Waals surface area contributed by atoms with Crippen molar-refractivity contribution in [2.75, 3.05) is 13.1 Å². The highest BCUT2D eigenvalue weighted by molar-refractivity contribution is 7.87. The quantitative estimate of drug-likeness (QED) is 0.435. The van der Waals surface area contributed by atoms with Crippen molar-refractivity contribution < 1.29 is 13.2 Å². The van der Waals surface area contributed by atoms with Crippen LogP contribution < -0.4 is 14.8 Å². The van der Waals surface area contributed by atoms with E-state index in [1.807, 2.05) is 6.92 Å². The monoisotopic (exact) mass is 207 g/mol. The van der Waals surface area contributed by atoms with E-state index in [4.69, 9.17) is 4.74 Å². The maximum absolute atomic E-state index is 11.1. The molecule has 2 rings (SSSR count). The summed E-state index contributed by atoms with van der Waals surface area (Å²) in [4.78, 5) is 0. The van der Waals surface area contributed by atoms with Gasteiger partial charge in [-0.05, 0) is 6.92 Å². The highest BCUT2D eigenvalue weighted by Gasteiger charge is 2.36. The SMILES string of the molecule is CC1CNC2NS(=O)(=O)NCC2O1. The summed E-state index contributed by atoms with van der Waals surface area (Å²) in [7, 11) is -3.31. The Balaban J connectivity index is 2.06. The number of nitrogens with one attached hydrogen (secondary N) is 3. The van der Waals surface area contributed by atoms with Crippen LogP contribution >= 0.6 is 0 Å². The van der Waals surface area contributed by atoms with Gasteiger partial charge in [-0.25, -0.2) is 0 Å². The van der Waals surface area contributed by atoms with Crippen LogP contribution in [0.1, 0.15) is 6.92 Å². The van der Waals surface area contributed by atoms with Gasteiger partial charge in [0.25, 0.3) is 10.2 Å². The first kappa shape index (κ1) is 9.35. The van der Waals surface area contributed by atoms with E-state index >= 15 is 0 Å². The Bertz CT molecular complexity index is 291. The lowest BCUT2D eigenvalue weighted by Crippen LogP contribution is -2.67. The zero-order valence-electron chi connectivity index (χ0n) is 7.28. The van der Waals surface area contributed by atoms with Gasteiger partial charge in [0.05, 0.1) is 6.10 Å². The molecule has 2 saturated heterocycles. The third-order valence-electron chi connectivity index (χ3n) is 2.16. The van der Waals surface area contributed by atoms with E-state index in [0.717, 1.165) is 0 Å². The Morgan fingerprint density at radius 2 is 2.15 bits per heavy atom. The molecular weight excluding hydrogens is 194 g/mol. The number of rotatable bonds is 0. The van der Waals surface area contributed by atoms with Crippen LogP contribution in [0.25, 0.3) is 0 Å². The molecule has 0 aromatic heterocycles. The molecule has 6 nitrogen and oxygen atoms in total. The van der Waals surface area contributed by atoms with Gasteiger partial charge in [0.15, 0.2) is 0 Å². The normalized spacial score (nSPS) is 43.9. The molecule has 3 N–H and O–H groups in total. The molecule has 2 fully saturated rings. The summed E-state index contributed by atoms with van der Waals surface area (Å²) in [5, 5.41) is 3.07. The molecule has 13 heavy (non-hydrogen) atoms. The maximum Gasteiger partial charge on any atom is 0.278 e. The molecule has 7 heteroatoms. The first-order chi connectivity index (χ1) is 6.07. The largest absolute Gasteiger partial charge is 0.370 e. The van der Waals surface area contributed by atoms with Crippen LogP contribution in [0.4, 0.5) is 0 Å². The van der Waals surface area contributed by atoms with Gasteiger partial charge in [-0.1, -0.05) is 0 Å². The van der Waals surface area contributed by atoms with E-state index in [0.29, 0.717) is 13.1 Å². The van der Waals surface area contributed by atoms with Crippen molar-refractivity contribution in [2.24, 2.45) is 0 Å². The summed E-state index contributed by atoms with van der Waals surface area (Å²) in [6.07, 6.45) is -0.277. The molecule has 2 aliphatic heterocycles. The van der Waals surface area contributed by atoms with Crippen molar-refractivity contribution in [3.05, 3.63) is 0 Å². The van der Waals surface area contributed by atoms with Crippen LogP contribution in [0, 0.1) is 0 Å². The third-order valence-corrected chi connectivity index (χ3v) is 3.27. The highest BCUT2D eigenvalue weighted by Crippen LogP contribution is 2.10. The van der Waals surface area contributed by atoms with Gasteiger partial charge < -0.3 is 4.74 Å². The molecule has 3 unspecified atom stereocenters. The second-order valence-corrected chi connectivity index (χ2v) is 4.87. The third kappa shape index (κ3) is 2.00. The predicted molar refractivity (Wildman–Crippen MR) is 46.2 cm³/mol. The number of morpholine rings is 1. The van der Waals surface area contributed by atoms with Crippen molar-refractivity contribution in [3.63, 3.8) is 0 Å². The average Bonchev–Trinajstić information content (AvgIpc) is 2.05. The van der Waals surface area contributed by atoms with Crippen LogP contribution in [-0.4, -0.2) is 39.9 Å². The zero-order valence-corrected chi connectivity index (χ0v) is 8.10. The van der Waals surface area contributed by atoms with E-state index in [1.165, 1.54) is 0 Å². The fourth-order valence-electron chi connectivity index (χ4n) is 1.53. The molecule has 0 radical (unpaired) electrons. The average molecular weight is 207 g/mol. The fourth-order valence-corrected chi connectivity index (χ4v) is 2.57. The van der Waals surface area contributed by atoms with Crippen molar-refractivity contribution >= 4 is 10.2 Å². The Morgan fingerprint density at radius 3 is 2.92 bits per heavy atom. The smallest absolute Gasteiger partial charge is 0.278 e. The first-order valence-electron chi connectivity index (χ1n) is 4.22. The standard InChI is InChI=1S/C6H13N3O3S/c1-4-2-7-6-5(12-4)3-8-13(10,11)9-6/h4-9H,2-3H2,1H3. The van der Waals surface area contributed by atoms with Gasteiger partial charge >= 0.3 is 0 Å². The summed E-state index contributed by atoms with van der Waals surface area (Å²) in [5.41, 5.74) is 0. The van der Waals surface area contributed by atoms with E-state index in [1.54, 1.807) is 0 Å². The molecule has 0 spiro atoms. The van der Waals surface area contributed by atoms with Gasteiger partial charge in [0.1, 0.15) is 12.3 Å². The molecule has 2 heterocycles. The molecule has 0 aromatic carbocycles. The van der Waals surface area contributed by atoms with Gasteiger partial charge in [0.2, 0.25) is 0 Å². The Morgan fingerprint density at radius 1 is 1.38 bits per heavy atom. The van der Waals surface area contributed by atoms with Crippen molar-refractivity contribution in [2.45, 2.75) is 25.3 Å². The number of fused-ring (bicyclic) bond motifs is 1. The van der Waals surface area contributed by atoms with Crippen LogP contribution in [0.15, 0.2) is 0 Å². The minimum atomic E-state index is -3.31. The van der Waals surface area contributed by atoms with E-state index in [-0.39, 0.29) is 18.4 Å². The zero-order chi connectivity index (χ0) is 9.47. The van der Waals surface area contributed by atoms with Crippen LogP contribution in [-0.2, 0) is 14.9 Å². The Hall–Kier alpha value is -0.210. The fraction of sp³-hybridized carbons (Fsp3) is 1.00. The molecule has 0 saturated carbocycles. The molecule has 3 atom stereocenters. The molecule has 0 aliphatic carbocycles. The predicted octanol–water partition coefficient (Wildman–Crippen LogP) is -1.87. The summed E-state index contributed by atoms with van der Waals surface area (Å²) in [6.45, 7) is 2.95. The first-order valence-corrected chi connectivity index (χ1v) is 5.71. The molecule has 0 bridgehead atoms. The lowest BCUT2D eigenvalue weighted by atomic mass is 10.2. The van der Waals surface area contributed by atoms with E-state index in [2.05, 4.69) is 14.8 Å². The molecule has 0 amide bonds. The van der Waals surface area contributed by atoms with Crippen molar-refractivity contribution in [1.82, 2.24) is 14.8 Å². The van der Waals surface area contributed by atoms with Crippen LogP contribution in [0.5, 0.6) is 0 Å². The number of hydrogen-bond acceptors (Lipinski definition) is 4. The Kier molecular flexibility index (Phi) is 2.28. The van der Waals surface area contributed by atoms with Gasteiger partial charge in [-0.3, -0.25) is 5.32 Å².